The molecule has 5 nitrogen and oxygen atoms in total. The van der Waals surface area contributed by atoms with Crippen molar-refractivity contribution in [2.24, 2.45) is 46.3 Å². The van der Waals surface area contributed by atoms with E-state index in [4.69, 9.17) is 5.11 Å². The fraction of sp³-hybridized carbons (Fsp3) is 0.958. The van der Waals surface area contributed by atoms with Crippen LogP contribution in [-0.2, 0) is 4.79 Å². The van der Waals surface area contributed by atoms with Gasteiger partial charge in [-0.3, -0.25) is 4.79 Å². The van der Waals surface area contributed by atoms with Gasteiger partial charge in [0.15, 0.2) is 0 Å². The molecule has 7 unspecified atom stereocenters. The fourth-order valence-electron chi connectivity index (χ4n) is 8.68. The molecular weight excluding hydrogens is 368 g/mol. The minimum atomic E-state index is -0.748. The summed E-state index contributed by atoms with van der Waals surface area (Å²) >= 11 is 0. The molecule has 166 valence electrons. The van der Waals surface area contributed by atoms with Crippen LogP contribution in [0.15, 0.2) is 0 Å². The standard InChI is InChI=1S/C24H40O5/c1-13(4-7-21(28)29)16-5-6-17-22-18(12-20(27)24(16,17)3)23(2)9-8-15(25)10-14(23)11-19(22)26/h13-20,22,25-27H,4-12H2,1-3H3,(H,28,29)/t13?,14-,15+,16?,17-,18?,19?,20?,22+,23?,24?/m0/s1. The van der Waals surface area contributed by atoms with E-state index in [1.807, 2.05) is 0 Å². The summed E-state index contributed by atoms with van der Waals surface area (Å²) in [5.74, 6) is 0.997. The molecular formula is C24H40O5. The van der Waals surface area contributed by atoms with Gasteiger partial charge < -0.3 is 20.4 Å². The highest BCUT2D eigenvalue weighted by atomic mass is 16.4. The van der Waals surface area contributed by atoms with Crippen LogP contribution in [0.3, 0.4) is 0 Å². The Morgan fingerprint density at radius 1 is 1.03 bits per heavy atom. The van der Waals surface area contributed by atoms with Crippen molar-refractivity contribution < 1.29 is 25.2 Å². The second kappa shape index (κ2) is 7.49. The third-order valence-electron chi connectivity index (χ3n) is 10.3. The summed E-state index contributed by atoms with van der Waals surface area (Å²) in [5, 5.41) is 42.0. The minimum absolute atomic E-state index is 0.0957. The summed E-state index contributed by atoms with van der Waals surface area (Å²) in [5.41, 5.74) is -0.143. The van der Waals surface area contributed by atoms with Crippen molar-refractivity contribution in [3.63, 3.8) is 0 Å². The van der Waals surface area contributed by atoms with Crippen molar-refractivity contribution in [3.05, 3.63) is 0 Å². The first kappa shape index (κ1) is 21.6. The number of carboxylic acid groups (broad SMARTS) is 1. The van der Waals surface area contributed by atoms with Gasteiger partial charge in [-0.05, 0) is 97.7 Å². The molecule has 11 atom stereocenters. The molecule has 29 heavy (non-hydrogen) atoms. The van der Waals surface area contributed by atoms with Crippen LogP contribution in [0.5, 0.6) is 0 Å². The number of carbonyl (C=O) groups is 1. The first-order valence-corrected chi connectivity index (χ1v) is 11.8. The van der Waals surface area contributed by atoms with Crippen molar-refractivity contribution >= 4 is 5.97 Å². The van der Waals surface area contributed by atoms with Crippen LogP contribution in [0.4, 0.5) is 0 Å². The van der Waals surface area contributed by atoms with E-state index in [1.165, 1.54) is 0 Å². The van der Waals surface area contributed by atoms with Crippen molar-refractivity contribution in [1.82, 2.24) is 0 Å². The lowest BCUT2D eigenvalue weighted by atomic mass is 9.43. The summed E-state index contributed by atoms with van der Waals surface area (Å²) in [6.07, 6.45) is 6.00. The van der Waals surface area contributed by atoms with Crippen LogP contribution in [0.2, 0.25) is 0 Å². The molecule has 4 rings (SSSR count). The normalized spacial score (nSPS) is 52.9. The Balaban J connectivity index is 1.61. The number of hydrogen-bond donors (Lipinski definition) is 4. The Labute approximate surface area is 174 Å². The highest BCUT2D eigenvalue weighted by Gasteiger charge is 2.65. The maximum Gasteiger partial charge on any atom is 0.303 e. The molecule has 0 aliphatic heterocycles. The van der Waals surface area contributed by atoms with Crippen molar-refractivity contribution in [2.75, 3.05) is 0 Å². The predicted octanol–water partition coefficient (Wildman–Crippen LogP) is 3.45. The van der Waals surface area contributed by atoms with Crippen LogP contribution < -0.4 is 0 Å². The Kier molecular flexibility index (Phi) is 5.57. The van der Waals surface area contributed by atoms with E-state index in [0.717, 1.165) is 44.9 Å². The molecule has 4 fully saturated rings. The molecule has 0 amide bonds. The average Bonchev–Trinajstić information content (AvgIpc) is 3.01. The third-order valence-corrected chi connectivity index (χ3v) is 10.3. The second-order valence-electron chi connectivity index (χ2n) is 11.4. The molecule has 0 spiro atoms. The smallest absolute Gasteiger partial charge is 0.303 e. The molecule has 0 bridgehead atoms. The van der Waals surface area contributed by atoms with E-state index in [1.54, 1.807) is 0 Å². The molecule has 4 saturated carbocycles. The lowest BCUT2D eigenvalue weighted by Gasteiger charge is -2.63. The van der Waals surface area contributed by atoms with Crippen LogP contribution in [0.1, 0.15) is 78.6 Å². The van der Waals surface area contributed by atoms with Crippen LogP contribution in [0, 0.1) is 46.3 Å². The fourth-order valence-corrected chi connectivity index (χ4v) is 8.68. The summed E-state index contributed by atoms with van der Waals surface area (Å²) in [6.45, 7) is 6.72. The van der Waals surface area contributed by atoms with Crippen molar-refractivity contribution in [3.8, 4) is 0 Å². The van der Waals surface area contributed by atoms with E-state index in [2.05, 4.69) is 20.8 Å². The van der Waals surface area contributed by atoms with Crippen LogP contribution in [0.25, 0.3) is 0 Å². The lowest BCUT2D eigenvalue weighted by Crippen LogP contribution is -2.62. The van der Waals surface area contributed by atoms with E-state index in [-0.39, 0.29) is 41.3 Å². The molecule has 4 N–H and O–H groups in total. The summed E-state index contributed by atoms with van der Waals surface area (Å²) < 4.78 is 0. The third kappa shape index (κ3) is 3.27. The number of rotatable bonds is 4. The molecule has 0 heterocycles. The highest BCUT2D eigenvalue weighted by molar-refractivity contribution is 5.66. The SMILES string of the molecule is CC(CCC(=O)O)C1CC[C@H]2[C@H]3C(O)C[C@@H]4C[C@H](O)CCC4(C)C3CC(O)C12C. The van der Waals surface area contributed by atoms with Gasteiger partial charge >= 0.3 is 5.97 Å². The average molecular weight is 409 g/mol. The predicted molar refractivity (Wildman–Crippen MR) is 110 cm³/mol. The number of carboxylic acids is 1. The van der Waals surface area contributed by atoms with E-state index >= 15 is 0 Å². The zero-order chi connectivity index (χ0) is 21.1. The molecule has 0 aromatic heterocycles. The Hall–Kier alpha value is -0.650. The minimum Gasteiger partial charge on any atom is -0.481 e. The van der Waals surface area contributed by atoms with Gasteiger partial charge in [-0.25, -0.2) is 0 Å². The van der Waals surface area contributed by atoms with E-state index < -0.39 is 12.1 Å². The zero-order valence-corrected chi connectivity index (χ0v) is 18.3. The summed E-state index contributed by atoms with van der Waals surface area (Å²) in [6, 6.07) is 0. The largest absolute Gasteiger partial charge is 0.481 e. The monoisotopic (exact) mass is 408 g/mol. The van der Waals surface area contributed by atoms with Gasteiger partial charge in [0.1, 0.15) is 0 Å². The van der Waals surface area contributed by atoms with Gasteiger partial charge in [0.25, 0.3) is 0 Å². The van der Waals surface area contributed by atoms with Gasteiger partial charge in [0.2, 0.25) is 0 Å². The lowest BCUT2D eigenvalue weighted by molar-refractivity contribution is -0.207. The number of hydrogen-bond acceptors (Lipinski definition) is 4. The molecule has 5 heteroatoms. The summed E-state index contributed by atoms with van der Waals surface area (Å²) in [7, 11) is 0. The molecule has 0 radical (unpaired) electrons. The maximum absolute atomic E-state index is 11.5. The Morgan fingerprint density at radius 3 is 2.45 bits per heavy atom. The maximum atomic E-state index is 11.5. The first-order valence-electron chi connectivity index (χ1n) is 11.8. The van der Waals surface area contributed by atoms with Crippen LogP contribution >= 0.6 is 0 Å². The number of aliphatic carboxylic acids is 1. The quantitative estimate of drug-likeness (QED) is 0.571. The van der Waals surface area contributed by atoms with Gasteiger partial charge in [0, 0.05) is 6.42 Å². The zero-order valence-electron chi connectivity index (χ0n) is 18.3. The Bertz CT molecular complexity index is 637. The van der Waals surface area contributed by atoms with E-state index in [9.17, 15) is 20.1 Å². The number of aliphatic hydroxyl groups excluding tert-OH is 3. The second-order valence-corrected chi connectivity index (χ2v) is 11.4. The molecule has 4 aliphatic carbocycles. The molecule has 0 aromatic carbocycles. The topological polar surface area (TPSA) is 98.0 Å². The van der Waals surface area contributed by atoms with Crippen molar-refractivity contribution in [1.29, 1.82) is 0 Å². The van der Waals surface area contributed by atoms with Gasteiger partial charge in [0.05, 0.1) is 18.3 Å². The number of aliphatic hydroxyl groups is 3. The van der Waals surface area contributed by atoms with Gasteiger partial charge in [-0.2, -0.15) is 0 Å². The van der Waals surface area contributed by atoms with Gasteiger partial charge in [-0.1, -0.05) is 20.8 Å². The van der Waals surface area contributed by atoms with E-state index in [0.29, 0.717) is 30.1 Å². The van der Waals surface area contributed by atoms with Gasteiger partial charge in [-0.15, -0.1) is 0 Å². The summed E-state index contributed by atoms with van der Waals surface area (Å²) in [4.78, 5) is 11.1. The van der Waals surface area contributed by atoms with Crippen molar-refractivity contribution in [2.45, 2.75) is 96.9 Å². The Morgan fingerprint density at radius 2 is 1.76 bits per heavy atom. The highest BCUT2D eigenvalue weighted by Crippen LogP contribution is 2.68. The molecule has 0 saturated heterocycles. The molecule has 0 aromatic rings. The van der Waals surface area contributed by atoms with Crippen LogP contribution in [-0.4, -0.2) is 44.7 Å². The first-order chi connectivity index (χ1) is 13.6. The number of fused-ring (bicyclic) bond motifs is 5. The molecule has 4 aliphatic rings.